The Morgan fingerprint density at radius 1 is 1.19 bits per heavy atom. The van der Waals surface area contributed by atoms with E-state index < -0.39 is 6.10 Å². The van der Waals surface area contributed by atoms with Crippen molar-refractivity contribution in [3.63, 3.8) is 0 Å². The Morgan fingerprint density at radius 2 is 1.90 bits per heavy atom. The molecule has 0 aliphatic rings. The summed E-state index contributed by atoms with van der Waals surface area (Å²) in [6.07, 6.45) is -0.693. The summed E-state index contributed by atoms with van der Waals surface area (Å²) in [6, 6.07) is 13.6. The number of aliphatic hydroxyl groups is 1. The van der Waals surface area contributed by atoms with E-state index in [-0.39, 0.29) is 5.92 Å². The predicted octanol–water partition coefficient (Wildman–Crippen LogP) is 3.54. The summed E-state index contributed by atoms with van der Waals surface area (Å²) in [5, 5.41) is 10.8. The number of halogens is 1. The van der Waals surface area contributed by atoms with Crippen LogP contribution in [0.5, 0.6) is 5.75 Å². The molecular weight excluding hydrogens is 330 g/mol. The second kappa shape index (κ2) is 7.07. The van der Waals surface area contributed by atoms with Crippen LogP contribution in [-0.2, 0) is 0 Å². The maximum atomic E-state index is 10.8. The Kier molecular flexibility index (Phi) is 5.39. The van der Waals surface area contributed by atoms with Gasteiger partial charge in [0, 0.05) is 22.5 Å². The molecule has 2 atom stereocenters. The highest BCUT2D eigenvalue weighted by atomic mass is 79.9. The third-order valence-corrected chi connectivity index (χ3v) is 4.37. The van der Waals surface area contributed by atoms with Gasteiger partial charge >= 0.3 is 0 Å². The van der Waals surface area contributed by atoms with Gasteiger partial charge in [-0.2, -0.15) is 0 Å². The van der Waals surface area contributed by atoms with Crippen molar-refractivity contribution >= 4 is 15.9 Å². The summed E-state index contributed by atoms with van der Waals surface area (Å²) in [4.78, 5) is 0. The number of aliphatic hydroxyl groups excluding tert-OH is 1. The molecule has 0 aliphatic carbocycles. The van der Waals surface area contributed by atoms with Gasteiger partial charge in [0.05, 0.1) is 13.2 Å². The minimum atomic E-state index is -0.693. The average Bonchev–Trinajstić information content (AvgIpc) is 2.48. The number of ether oxygens (including phenoxy) is 1. The number of rotatable bonds is 5. The average molecular weight is 350 g/mol. The van der Waals surface area contributed by atoms with E-state index in [0.717, 1.165) is 26.9 Å². The maximum Gasteiger partial charge on any atom is 0.122 e. The van der Waals surface area contributed by atoms with Crippen LogP contribution >= 0.6 is 15.9 Å². The number of benzene rings is 2. The zero-order valence-electron chi connectivity index (χ0n) is 12.2. The van der Waals surface area contributed by atoms with Gasteiger partial charge in [-0.15, -0.1) is 0 Å². The predicted molar refractivity (Wildman–Crippen MR) is 88.6 cm³/mol. The molecule has 3 nitrogen and oxygen atoms in total. The molecule has 21 heavy (non-hydrogen) atoms. The van der Waals surface area contributed by atoms with Crippen LogP contribution in [0.4, 0.5) is 0 Å². The third-order valence-electron chi connectivity index (χ3n) is 3.64. The summed E-state index contributed by atoms with van der Waals surface area (Å²) < 4.78 is 6.30. The van der Waals surface area contributed by atoms with Crippen LogP contribution in [0.15, 0.2) is 46.9 Å². The lowest BCUT2D eigenvalue weighted by Gasteiger charge is -2.25. The first-order valence-corrected chi connectivity index (χ1v) is 7.65. The summed E-state index contributed by atoms with van der Waals surface area (Å²) >= 11 is 3.48. The van der Waals surface area contributed by atoms with Crippen LogP contribution in [0.25, 0.3) is 0 Å². The molecule has 0 aromatic heterocycles. The van der Waals surface area contributed by atoms with Crippen molar-refractivity contribution in [2.75, 3.05) is 13.7 Å². The fraction of sp³-hybridized carbons (Fsp3) is 0.294. The molecule has 2 aromatic carbocycles. The molecule has 0 fully saturated rings. The summed E-state index contributed by atoms with van der Waals surface area (Å²) in [7, 11) is 1.63. The second-order valence-corrected chi connectivity index (χ2v) is 5.91. The first-order chi connectivity index (χ1) is 10.1. The van der Waals surface area contributed by atoms with Gasteiger partial charge in [0.2, 0.25) is 0 Å². The zero-order valence-corrected chi connectivity index (χ0v) is 13.8. The third kappa shape index (κ3) is 3.46. The molecule has 0 saturated heterocycles. The number of hydrogen-bond donors (Lipinski definition) is 2. The van der Waals surface area contributed by atoms with E-state index >= 15 is 0 Å². The van der Waals surface area contributed by atoms with E-state index in [1.54, 1.807) is 7.11 Å². The van der Waals surface area contributed by atoms with Crippen LogP contribution in [-0.4, -0.2) is 18.8 Å². The maximum absolute atomic E-state index is 10.8. The Hall–Kier alpha value is -1.36. The van der Waals surface area contributed by atoms with Crippen molar-refractivity contribution in [3.05, 3.63) is 63.6 Å². The van der Waals surface area contributed by atoms with E-state index in [2.05, 4.69) is 15.9 Å². The summed E-state index contributed by atoms with van der Waals surface area (Å²) in [6.45, 7) is 2.35. The first kappa shape index (κ1) is 16.0. The van der Waals surface area contributed by atoms with Gasteiger partial charge < -0.3 is 15.6 Å². The van der Waals surface area contributed by atoms with Crippen molar-refractivity contribution in [3.8, 4) is 5.75 Å². The van der Waals surface area contributed by atoms with Gasteiger partial charge in [-0.1, -0.05) is 51.8 Å². The van der Waals surface area contributed by atoms with E-state index in [1.807, 2.05) is 49.4 Å². The first-order valence-electron chi connectivity index (χ1n) is 6.85. The molecule has 112 valence electrons. The highest BCUT2D eigenvalue weighted by molar-refractivity contribution is 9.10. The van der Waals surface area contributed by atoms with Gasteiger partial charge in [0.1, 0.15) is 5.75 Å². The standard InChI is InChI=1S/C17H20BrNO2/c1-11-7-8-16(21-2)13(9-11)14(10-19)17(20)12-5-3-4-6-15(12)18/h3-9,14,17,20H,10,19H2,1-2H3. The normalized spacial score (nSPS) is 13.8. The second-order valence-electron chi connectivity index (χ2n) is 5.05. The molecule has 4 heteroatoms. The van der Waals surface area contributed by atoms with Crippen molar-refractivity contribution in [2.45, 2.75) is 18.9 Å². The Bertz CT molecular complexity index is 615. The SMILES string of the molecule is COc1ccc(C)cc1C(CN)C(O)c1ccccc1Br. The minimum absolute atomic E-state index is 0.224. The van der Waals surface area contributed by atoms with Crippen LogP contribution < -0.4 is 10.5 Å². The van der Waals surface area contributed by atoms with E-state index in [1.165, 1.54) is 0 Å². The fourth-order valence-corrected chi connectivity index (χ4v) is 3.02. The quantitative estimate of drug-likeness (QED) is 0.867. The monoisotopic (exact) mass is 349 g/mol. The Labute approximate surface area is 133 Å². The van der Waals surface area contributed by atoms with Crippen molar-refractivity contribution < 1.29 is 9.84 Å². The molecule has 0 saturated carbocycles. The Balaban J connectivity index is 2.44. The molecule has 0 bridgehead atoms. The van der Waals surface area contributed by atoms with E-state index in [4.69, 9.17) is 10.5 Å². The molecule has 3 N–H and O–H groups in total. The van der Waals surface area contributed by atoms with Crippen LogP contribution in [0, 0.1) is 6.92 Å². The lowest BCUT2D eigenvalue weighted by atomic mass is 9.88. The topological polar surface area (TPSA) is 55.5 Å². The lowest BCUT2D eigenvalue weighted by molar-refractivity contribution is 0.145. The highest BCUT2D eigenvalue weighted by Crippen LogP contribution is 2.38. The zero-order chi connectivity index (χ0) is 15.4. The summed E-state index contributed by atoms with van der Waals surface area (Å²) in [5.74, 6) is 0.528. The number of methoxy groups -OCH3 is 1. The molecule has 0 spiro atoms. The van der Waals surface area contributed by atoms with Crippen LogP contribution in [0.1, 0.15) is 28.7 Å². The number of aryl methyl sites for hydroxylation is 1. The molecular formula is C17H20BrNO2. The molecule has 0 aliphatic heterocycles. The van der Waals surface area contributed by atoms with Crippen molar-refractivity contribution in [1.82, 2.24) is 0 Å². The molecule has 0 amide bonds. The fourth-order valence-electron chi connectivity index (χ4n) is 2.50. The van der Waals surface area contributed by atoms with Crippen molar-refractivity contribution in [2.24, 2.45) is 5.73 Å². The van der Waals surface area contributed by atoms with Gasteiger partial charge in [-0.3, -0.25) is 0 Å². The van der Waals surface area contributed by atoms with Gasteiger partial charge in [0.25, 0.3) is 0 Å². The largest absolute Gasteiger partial charge is 0.496 e. The van der Waals surface area contributed by atoms with Gasteiger partial charge in [-0.25, -0.2) is 0 Å². The Morgan fingerprint density at radius 3 is 2.52 bits per heavy atom. The number of hydrogen-bond acceptors (Lipinski definition) is 3. The molecule has 0 heterocycles. The number of nitrogens with two attached hydrogens (primary N) is 1. The molecule has 2 aromatic rings. The van der Waals surface area contributed by atoms with Crippen LogP contribution in [0.3, 0.4) is 0 Å². The smallest absolute Gasteiger partial charge is 0.122 e. The van der Waals surface area contributed by atoms with Crippen molar-refractivity contribution in [1.29, 1.82) is 0 Å². The van der Waals surface area contributed by atoms with Gasteiger partial charge in [0.15, 0.2) is 0 Å². The van der Waals surface area contributed by atoms with E-state index in [9.17, 15) is 5.11 Å². The van der Waals surface area contributed by atoms with Crippen LogP contribution in [0.2, 0.25) is 0 Å². The molecule has 2 unspecified atom stereocenters. The van der Waals surface area contributed by atoms with E-state index in [0.29, 0.717) is 6.54 Å². The molecule has 0 radical (unpaired) electrons. The molecule has 2 rings (SSSR count). The lowest BCUT2D eigenvalue weighted by Crippen LogP contribution is -2.21. The van der Waals surface area contributed by atoms with Gasteiger partial charge in [-0.05, 0) is 24.6 Å². The highest BCUT2D eigenvalue weighted by Gasteiger charge is 2.25. The summed E-state index contributed by atoms with van der Waals surface area (Å²) in [5.41, 5.74) is 8.81. The minimum Gasteiger partial charge on any atom is -0.496 e.